The van der Waals surface area contributed by atoms with Gasteiger partial charge in [-0.05, 0) is 56.2 Å². The highest BCUT2D eigenvalue weighted by atomic mass is 16.2. The van der Waals surface area contributed by atoms with Crippen molar-refractivity contribution in [3.05, 3.63) is 65.2 Å². The smallest absolute Gasteiger partial charge is 0.258 e. The van der Waals surface area contributed by atoms with Crippen molar-refractivity contribution >= 4 is 11.6 Å². The molecule has 2 heteroatoms. The molecule has 0 aliphatic rings. The maximum atomic E-state index is 12.6. The van der Waals surface area contributed by atoms with Crippen LogP contribution < -0.4 is 4.90 Å². The van der Waals surface area contributed by atoms with Gasteiger partial charge in [0.15, 0.2) is 0 Å². The van der Waals surface area contributed by atoms with Crippen molar-refractivity contribution in [2.75, 3.05) is 11.4 Å². The van der Waals surface area contributed by atoms with Crippen molar-refractivity contribution in [2.24, 2.45) is 0 Å². The SMILES string of the molecule is CCN(C(=O)c1ccc(C)c(C)c1)c1ccccc1. The molecule has 1 amide bonds. The zero-order chi connectivity index (χ0) is 13.8. The minimum Gasteiger partial charge on any atom is -0.309 e. The summed E-state index contributed by atoms with van der Waals surface area (Å²) in [5.41, 5.74) is 4.04. The summed E-state index contributed by atoms with van der Waals surface area (Å²) in [5, 5.41) is 0. The van der Waals surface area contributed by atoms with Gasteiger partial charge in [0.25, 0.3) is 5.91 Å². The summed E-state index contributed by atoms with van der Waals surface area (Å²) < 4.78 is 0. The molecule has 0 N–H and O–H groups in total. The molecule has 0 fully saturated rings. The molecule has 2 aromatic carbocycles. The summed E-state index contributed by atoms with van der Waals surface area (Å²) in [5.74, 6) is 0.0526. The van der Waals surface area contributed by atoms with Crippen LogP contribution >= 0.6 is 0 Å². The first kappa shape index (κ1) is 13.3. The first-order valence-corrected chi connectivity index (χ1v) is 6.57. The molecule has 2 aromatic rings. The maximum Gasteiger partial charge on any atom is 0.258 e. The van der Waals surface area contributed by atoms with E-state index in [0.717, 1.165) is 16.8 Å². The number of benzene rings is 2. The van der Waals surface area contributed by atoms with Gasteiger partial charge in [-0.1, -0.05) is 24.3 Å². The van der Waals surface area contributed by atoms with Gasteiger partial charge in [-0.25, -0.2) is 0 Å². The lowest BCUT2D eigenvalue weighted by molar-refractivity contribution is 0.0988. The second-order valence-electron chi connectivity index (χ2n) is 4.68. The second kappa shape index (κ2) is 5.70. The van der Waals surface area contributed by atoms with Crippen molar-refractivity contribution in [1.82, 2.24) is 0 Å². The number of nitrogens with zero attached hydrogens (tertiary/aromatic N) is 1. The summed E-state index contributed by atoms with van der Waals surface area (Å²) in [6, 6.07) is 15.6. The number of anilines is 1. The summed E-state index contributed by atoms with van der Waals surface area (Å²) >= 11 is 0. The van der Waals surface area contributed by atoms with Crippen LogP contribution in [0.15, 0.2) is 48.5 Å². The summed E-state index contributed by atoms with van der Waals surface area (Å²) in [6.07, 6.45) is 0. The largest absolute Gasteiger partial charge is 0.309 e. The Bertz CT molecular complexity index is 575. The van der Waals surface area contributed by atoms with Crippen LogP contribution in [0.2, 0.25) is 0 Å². The van der Waals surface area contributed by atoms with E-state index < -0.39 is 0 Å². The summed E-state index contributed by atoms with van der Waals surface area (Å²) in [6.45, 7) is 6.74. The number of amides is 1. The molecule has 0 spiro atoms. The van der Waals surface area contributed by atoms with Crippen LogP contribution in [0, 0.1) is 13.8 Å². The predicted molar refractivity (Wildman–Crippen MR) is 79.7 cm³/mol. The van der Waals surface area contributed by atoms with Crippen LogP contribution in [-0.4, -0.2) is 12.5 Å². The van der Waals surface area contributed by atoms with Crippen LogP contribution in [0.1, 0.15) is 28.4 Å². The van der Waals surface area contributed by atoms with Gasteiger partial charge in [0, 0.05) is 17.8 Å². The van der Waals surface area contributed by atoms with Gasteiger partial charge >= 0.3 is 0 Å². The van der Waals surface area contributed by atoms with Gasteiger partial charge in [0.2, 0.25) is 0 Å². The molecule has 0 heterocycles. The Morgan fingerprint density at radius 1 is 1.00 bits per heavy atom. The van der Waals surface area contributed by atoms with Crippen LogP contribution in [0.4, 0.5) is 5.69 Å². The molecule has 0 bridgehead atoms. The topological polar surface area (TPSA) is 20.3 Å². The molecular weight excluding hydrogens is 234 g/mol. The molecule has 0 aliphatic carbocycles. The van der Waals surface area contributed by atoms with Crippen molar-refractivity contribution in [3.8, 4) is 0 Å². The highest BCUT2D eigenvalue weighted by Gasteiger charge is 2.15. The molecule has 2 nitrogen and oxygen atoms in total. The highest BCUT2D eigenvalue weighted by Crippen LogP contribution is 2.18. The number of hydrogen-bond donors (Lipinski definition) is 0. The zero-order valence-electron chi connectivity index (χ0n) is 11.7. The van der Waals surface area contributed by atoms with Gasteiger partial charge in [0.1, 0.15) is 0 Å². The van der Waals surface area contributed by atoms with Crippen molar-refractivity contribution in [1.29, 1.82) is 0 Å². The Kier molecular flexibility index (Phi) is 4.00. The van der Waals surface area contributed by atoms with Gasteiger partial charge in [-0.15, -0.1) is 0 Å². The fourth-order valence-electron chi connectivity index (χ4n) is 2.08. The number of carbonyl (C=O) groups is 1. The van der Waals surface area contributed by atoms with Gasteiger partial charge in [-0.3, -0.25) is 4.79 Å². The van der Waals surface area contributed by atoms with Gasteiger partial charge in [0.05, 0.1) is 0 Å². The highest BCUT2D eigenvalue weighted by molar-refractivity contribution is 6.06. The Morgan fingerprint density at radius 2 is 1.68 bits per heavy atom. The first-order chi connectivity index (χ1) is 9.13. The maximum absolute atomic E-state index is 12.6. The molecule has 2 rings (SSSR count). The second-order valence-corrected chi connectivity index (χ2v) is 4.68. The average Bonchev–Trinajstić information content (AvgIpc) is 2.44. The molecule has 0 unspecified atom stereocenters. The molecule has 0 aromatic heterocycles. The molecule has 19 heavy (non-hydrogen) atoms. The fraction of sp³-hybridized carbons (Fsp3) is 0.235. The van der Waals surface area contributed by atoms with Gasteiger partial charge in [-0.2, -0.15) is 0 Å². The van der Waals surface area contributed by atoms with E-state index in [1.165, 1.54) is 5.56 Å². The molecular formula is C17H19NO. The quantitative estimate of drug-likeness (QED) is 0.810. The number of hydrogen-bond acceptors (Lipinski definition) is 1. The normalized spacial score (nSPS) is 10.3. The zero-order valence-corrected chi connectivity index (χ0v) is 11.7. The lowest BCUT2D eigenvalue weighted by Crippen LogP contribution is -2.30. The standard InChI is InChI=1S/C17H19NO/c1-4-18(16-8-6-5-7-9-16)17(19)15-11-10-13(2)14(3)12-15/h5-12H,4H2,1-3H3. The van der Waals surface area contributed by atoms with Crippen LogP contribution in [0.3, 0.4) is 0 Å². The van der Waals surface area contributed by atoms with E-state index in [9.17, 15) is 4.79 Å². The van der Waals surface area contributed by atoms with Crippen molar-refractivity contribution < 1.29 is 4.79 Å². The third kappa shape index (κ3) is 2.84. The molecule has 0 saturated carbocycles. The number of aryl methyl sites for hydroxylation is 2. The van der Waals surface area contributed by atoms with E-state index >= 15 is 0 Å². The number of para-hydroxylation sites is 1. The van der Waals surface area contributed by atoms with Gasteiger partial charge < -0.3 is 4.90 Å². The Hall–Kier alpha value is -2.09. The lowest BCUT2D eigenvalue weighted by Gasteiger charge is -2.21. The fourth-order valence-corrected chi connectivity index (χ4v) is 2.08. The van der Waals surface area contributed by atoms with Crippen LogP contribution in [0.5, 0.6) is 0 Å². The predicted octanol–water partition coefficient (Wildman–Crippen LogP) is 3.97. The van der Waals surface area contributed by atoms with Crippen molar-refractivity contribution in [2.45, 2.75) is 20.8 Å². The molecule has 0 radical (unpaired) electrons. The Morgan fingerprint density at radius 3 is 2.26 bits per heavy atom. The molecule has 0 aliphatic heterocycles. The number of carbonyl (C=O) groups excluding carboxylic acids is 1. The van der Waals surface area contributed by atoms with E-state index in [4.69, 9.17) is 0 Å². The van der Waals surface area contributed by atoms with Crippen LogP contribution in [0.25, 0.3) is 0 Å². The molecule has 98 valence electrons. The van der Waals surface area contributed by atoms with E-state index in [-0.39, 0.29) is 5.91 Å². The van der Waals surface area contributed by atoms with Crippen LogP contribution in [-0.2, 0) is 0 Å². The van der Waals surface area contributed by atoms with E-state index in [1.807, 2.05) is 62.4 Å². The Labute approximate surface area is 114 Å². The monoisotopic (exact) mass is 253 g/mol. The number of rotatable bonds is 3. The summed E-state index contributed by atoms with van der Waals surface area (Å²) in [4.78, 5) is 14.4. The van der Waals surface area contributed by atoms with E-state index in [1.54, 1.807) is 4.90 Å². The van der Waals surface area contributed by atoms with E-state index in [2.05, 4.69) is 6.92 Å². The molecule has 0 atom stereocenters. The van der Waals surface area contributed by atoms with Crippen molar-refractivity contribution in [3.63, 3.8) is 0 Å². The average molecular weight is 253 g/mol. The summed E-state index contributed by atoms with van der Waals surface area (Å²) in [7, 11) is 0. The Balaban J connectivity index is 2.33. The lowest BCUT2D eigenvalue weighted by atomic mass is 10.1. The minimum absolute atomic E-state index is 0.0526. The minimum atomic E-state index is 0.0526. The van der Waals surface area contributed by atoms with E-state index in [0.29, 0.717) is 6.54 Å². The first-order valence-electron chi connectivity index (χ1n) is 6.57. The molecule has 0 saturated heterocycles. The third-order valence-corrected chi connectivity index (χ3v) is 3.38. The third-order valence-electron chi connectivity index (χ3n) is 3.38.